The van der Waals surface area contributed by atoms with Crippen molar-refractivity contribution in [3.63, 3.8) is 0 Å². The Morgan fingerprint density at radius 3 is 2.42 bits per heavy atom. The lowest BCUT2D eigenvalue weighted by Crippen LogP contribution is -2.28. The zero-order valence-corrected chi connectivity index (χ0v) is 22.5. The van der Waals surface area contributed by atoms with Gasteiger partial charge >= 0.3 is 5.97 Å². The smallest absolute Gasteiger partial charge is 0.304 e. The van der Waals surface area contributed by atoms with E-state index in [0.717, 1.165) is 18.7 Å². The standard InChI is InChI=1S/C20H18F2N4O.C8H17NO2/c1-3-25(4-2)13-9-14(21)18(15(22)10-13)19-23-20(24-27-19)26-16-6-5-11-7-12(16)8-17(11)26;1-8(2,3)6-9-5-4-7(10)11/h5-7,9-10,17H,3-4,8H2,1-2H3;9H,4-6H2,1-3H3,(H,10,11). The molecule has 6 rings (SSSR count). The SMILES string of the molecule is CC(C)(C)CNCCC(=O)O.CCN(CC)c1cc(F)c(-c2nc(N3c4ccc5cc4CC53)no2)c(F)c1. The predicted octanol–water partition coefficient (Wildman–Crippen LogP) is 5.71. The molecule has 0 saturated heterocycles. The molecule has 3 aromatic rings. The highest BCUT2D eigenvalue weighted by molar-refractivity contribution is 5.74. The molecule has 4 bridgehead atoms. The number of hydrogen-bond acceptors (Lipinski definition) is 7. The van der Waals surface area contributed by atoms with Gasteiger partial charge in [-0.3, -0.25) is 9.69 Å². The molecule has 0 radical (unpaired) electrons. The van der Waals surface area contributed by atoms with Crippen LogP contribution in [0, 0.1) is 17.0 Å². The number of carboxylic acid groups (broad SMARTS) is 1. The van der Waals surface area contributed by atoms with Gasteiger partial charge in [-0.05, 0) is 60.2 Å². The van der Waals surface area contributed by atoms with E-state index >= 15 is 0 Å². The number of carbonyl (C=O) groups is 1. The molecule has 8 nitrogen and oxygen atoms in total. The molecular formula is C28H35F2N5O3. The van der Waals surface area contributed by atoms with E-state index in [9.17, 15) is 13.6 Å². The second-order valence-electron chi connectivity index (χ2n) is 10.7. The van der Waals surface area contributed by atoms with Gasteiger partial charge in [0, 0.05) is 37.6 Å². The minimum atomic E-state index is -0.744. The fourth-order valence-electron chi connectivity index (χ4n) is 4.80. The highest BCUT2D eigenvalue weighted by Crippen LogP contribution is 2.50. The number of rotatable bonds is 9. The van der Waals surface area contributed by atoms with Gasteiger partial charge in [0.15, 0.2) is 0 Å². The maximum Gasteiger partial charge on any atom is 0.304 e. The highest BCUT2D eigenvalue weighted by atomic mass is 19.1. The quantitative estimate of drug-likeness (QED) is 0.342. The number of benzene rings is 2. The van der Waals surface area contributed by atoms with Crippen LogP contribution in [-0.2, 0) is 11.2 Å². The molecule has 10 heteroatoms. The molecule has 3 aliphatic rings. The first kappa shape index (κ1) is 27.5. The lowest BCUT2D eigenvalue weighted by Gasteiger charge is -2.27. The van der Waals surface area contributed by atoms with E-state index in [1.54, 1.807) is 0 Å². The van der Waals surface area contributed by atoms with Crippen LogP contribution in [0.1, 0.15) is 58.2 Å². The maximum atomic E-state index is 14.7. The molecule has 1 unspecified atom stereocenters. The first-order valence-corrected chi connectivity index (χ1v) is 12.9. The Morgan fingerprint density at radius 2 is 1.87 bits per heavy atom. The van der Waals surface area contributed by atoms with E-state index in [1.165, 1.54) is 23.3 Å². The third-order valence-electron chi connectivity index (χ3n) is 6.64. The van der Waals surface area contributed by atoms with Gasteiger partial charge < -0.3 is 19.8 Å². The largest absolute Gasteiger partial charge is 0.481 e. The van der Waals surface area contributed by atoms with Gasteiger partial charge in [0.05, 0.1) is 12.5 Å². The van der Waals surface area contributed by atoms with Gasteiger partial charge in [-0.2, -0.15) is 4.98 Å². The summed E-state index contributed by atoms with van der Waals surface area (Å²) in [7, 11) is 0. The van der Waals surface area contributed by atoms with Gasteiger partial charge in [-0.25, -0.2) is 8.78 Å². The first-order chi connectivity index (χ1) is 18.0. The molecule has 2 aliphatic heterocycles. The third kappa shape index (κ3) is 5.80. The summed E-state index contributed by atoms with van der Waals surface area (Å²) in [5, 5.41) is 15.4. The van der Waals surface area contributed by atoms with Gasteiger partial charge in [0.2, 0.25) is 0 Å². The van der Waals surface area contributed by atoms with Crippen molar-refractivity contribution in [3.05, 3.63) is 53.1 Å². The summed E-state index contributed by atoms with van der Waals surface area (Å²) in [4.78, 5) is 18.2. The van der Waals surface area contributed by atoms with Crippen molar-refractivity contribution >= 4 is 23.3 Å². The number of anilines is 3. The Hall–Kier alpha value is -3.53. The molecule has 0 saturated carbocycles. The summed E-state index contributed by atoms with van der Waals surface area (Å²) in [6.07, 6.45) is 1.11. The first-order valence-electron chi connectivity index (χ1n) is 12.9. The fraction of sp³-hybridized carbons (Fsp3) is 0.464. The summed E-state index contributed by atoms with van der Waals surface area (Å²) in [5.74, 6) is -1.97. The molecule has 1 aliphatic carbocycles. The number of halogens is 2. The monoisotopic (exact) mass is 527 g/mol. The second kappa shape index (κ2) is 11.1. The predicted molar refractivity (Wildman–Crippen MR) is 143 cm³/mol. The molecule has 0 fully saturated rings. The van der Waals surface area contributed by atoms with Gasteiger partial charge in [0.1, 0.15) is 17.2 Å². The number of carboxylic acids is 1. The lowest BCUT2D eigenvalue weighted by molar-refractivity contribution is -0.136. The van der Waals surface area contributed by atoms with Crippen LogP contribution in [0.3, 0.4) is 0 Å². The van der Waals surface area contributed by atoms with E-state index in [1.807, 2.05) is 29.7 Å². The highest BCUT2D eigenvalue weighted by Gasteiger charge is 2.40. The summed E-state index contributed by atoms with van der Waals surface area (Å²) in [6, 6.07) is 9.05. The van der Waals surface area contributed by atoms with Crippen molar-refractivity contribution in [1.29, 1.82) is 0 Å². The number of nitrogens with zero attached hydrogens (tertiary/aromatic N) is 4. The Morgan fingerprint density at radius 1 is 1.18 bits per heavy atom. The fourth-order valence-corrected chi connectivity index (χ4v) is 4.80. The van der Waals surface area contributed by atoms with Crippen molar-refractivity contribution in [1.82, 2.24) is 15.5 Å². The molecule has 0 spiro atoms. The van der Waals surface area contributed by atoms with Crippen molar-refractivity contribution in [3.8, 4) is 11.5 Å². The van der Waals surface area contributed by atoms with E-state index in [0.29, 0.717) is 31.3 Å². The van der Waals surface area contributed by atoms with Crippen LogP contribution in [0.4, 0.5) is 26.1 Å². The molecule has 0 amide bonds. The zero-order valence-electron chi connectivity index (χ0n) is 22.5. The molecule has 38 heavy (non-hydrogen) atoms. The van der Waals surface area contributed by atoms with Crippen LogP contribution < -0.4 is 15.1 Å². The average Bonchev–Trinajstić information content (AvgIpc) is 3.54. The third-order valence-corrected chi connectivity index (χ3v) is 6.64. The number of aromatic nitrogens is 2. The maximum absolute atomic E-state index is 14.7. The van der Waals surface area contributed by atoms with Gasteiger partial charge in [-0.15, -0.1) is 0 Å². The normalized spacial score (nSPS) is 15.1. The van der Waals surface area contributed by atoms with E-state index in [2.05, 4.69) is 48.4 Å². The Labute approximate surface area is 221 Å². The van der Waals surface area contributed by atoms with E-state index < -0.39 is 17.6 Å². The van der Waals surface area contributed by atoms with Crippen LogP contribution in [0.5, 0.6) is 0 Å². The average molecular weight is 528 g/mol. The van der Waals surface area contributed by atoms with Crippen molar-refractivity contribution in [2.24, 2.45) is 5.41 Å². The summed E-state index contributed by atoms with van der Waals surface area (Å²) >= 11 is 0. The van der Waals surface area contributed by atoms with Gasteiger partial charge in [0.25, 0.3) is 11.8 Å². The molecule has 2 aromatic carbocycles. The Bertz CT molecular complexity index is 1280. The summed E-state index contributed by atoms with van der Waals surface area (Å²) in [5.41, 5.74) is 3.92. The summed E-state index contributed by atoms with van der Waals surface area (Å²) < 4.78 is 34.6. The summed E-state index contributed by atoms with van der Waals surface area (Å²) in [6.45, 7) is 13.0. The van der Waals surface area contributed by atoms with Crippen LogP contribution in [0.25, 0.3) is 11.5 Å². The van der Waals surface area contributed by atoms with Crippen LogP contribution in [0.2, 0.25) is 0 Å². The molecular weight excluding hydrogens is 492 g/mol. The van der Waals surface area contributed by atoms with Crippen molar-refractivity contribution < 1.29 is 23.2 Å². The van der Waals surface area contributed by atoms with Crippen molar-refractivity contribution in [2.45, 2.75) is 53.5 Å². The molecule has 1 atom stereocenters. The van der Waals surface area contributed by atoms with E-state index in [-0.39, 0.29) is 29.3 Å². The van der Waals surface area contributed by atoms with Crippen LogP contribution in [-0.4, -0.2) is 47.4 Å². The minimum absolute atomic E-state index is 0.145. The molecule has 1 aromatic heterocycles. The number of fused-ring (bicyclic) bond motifs is 1. The number of hydrogen-bond donors (Lipinski definition) is 2. The Balaban J connectivity index is 0.000000261. The second-order valence-corrected chi connectivity index (χ2v) is 10.7. The van der Waals surface area contributed by atoms with Crippen LogP contribution in [0.15, 0.2) is 34.9 Å². The lowest BCUT2D eigenvalue weighted by atomic mass is 9.97. The number of aliphatic carboxylic acids is 1. The topological polar surface area (TPSA) is 94.7 Å². The molecule has 204 valence electrons. The van der Waals surface area contributed by atoms with Crippen molar-refractivity contribution in [2.75, 3.05) is 36.0 Å². The minimum Gasteiger partial charge on any atom is -0.481 e. The molecule has 3 heterocycles. The van der Waals surface area contributed by atoms with E-state index in [4.69, 9.17) is 9.63 Å². The zero-order chi connectivity index (χ0) is 27.6. The molecule has 2 N–H and O–H groups in total. The van der Waals surface area contributed by atoms with Crippen LogP contribution >= 0.6 is 0 Å². The Kier molecular flexibility index (Phi) is 8.01. The number of nitrogens with one attached hydrogen (secondary N) is 1. The van der Waals surface area contributed by atoms with Gasteiger partial charge in [-0.1, -0.05) is 32.9 Å².